The zero-order valence-corrected chi connectivity index (χ0v) is 11.5. The van der Waals surface area contributed by atoms with Gasteiger partial charge in [-0.05, 0) is 24.6 Å². The Morgan fingerprint density at radius 1 is 1.14 bits per heavy atom. The number of carbonyl (C=O) groups is 1. The Bertz CT molecular complexity index is 621. The fourth-order valence-electron chi connectivity index (χ4n) is 2.14. The van der Waals surface area contributed by atoms with Crippen molar-refractivity contribution >= 4 is 11.7 Å². The molecule has 0 saturated carbocycles. The van der Waals surface area contributed by atoms with Crippen molar-refractivity contribution in [2.75, 3.05) is 11.4 Å². The van der Waals surface area contributed by atoms with Crippen molar-refractivity contribution in [3.8, 4) is 0 Å². The first-order valence-electron chi connectivity index (χ1n) is 6.54. The summed E-state index contributed by atoms with van der Waals surface area (Å²) in [6.45, 7) is 2.53. The number of anilines is 1. The van der Waals surface area contributed by atoms with E-state index in [1.54, 1.807) is 6.92 Å². The van der Waals surface area contributed by atoms with E-state index in [4.69, 9.17) is 5.11 Å². The molecule has 0 heterocycles. The Morgan fingerprint density at radius 3 is 2.19 bits per heavy atom. The summed E-state index contributed by atoms with van der Waals surface area (Å²) in [6, 6.07) is 11.0. The van der Waals surface area contributed by atoms with Gasteiger partial charge in [0.2, 0.25) is 0 Å². The summed E-state index contributed by atoms with van der Waals surface area (Å²) < 4.78 is 28.1. The Labute approximate surface area is 121 Å². The van der Waals surface area contributed by atoms with Gasteiger partial charge in [-0.25, -0.2) is 13.6 Å². The van der Waals surface area contributed by atoms with E-state index in [-0.39, 0.29) is 5.69 Å². The van der Waals surface area contributed by atoms with Crippen LogP contribution < -0.4 is 4.90 Å². The van der Waals surface area contributed by atoms with Crippen molar-refractivity contribution in [3.05, 3.63) is 65.2 Å². The van der Waals surface area contributed by atoms with Crippen molar-refractivity contribution in [2.24, 2.45) is 0 Å². The maximum Gasteiger partial charge on any atom is 0.335 e. The maximum absolute atomic E-state index is 14.1. The molecule has 0 radical (unpaired) electrons. The van der Waals surface area contributed by atoms with Crippen LogP contribution in [0.4, 0.5) is 14.5 Å². The third-order valence-corrected chi connectivity index (χ3v) is 3.18. The number of nitrogens with zero attached hydrogens (tertiary/aromatic N) is 1. The van der Waals surface area contributed by atoms with Gasteiger partial charge in [-0.15, -0.1) is 0 Å². The van der Waals surface area contributed by atoms with Gasteiger partial charge in [0.15, 0.2) is 0 Å². The number of rotatable bonds is 5. The smallest absolute Gasteiger partial charge is 0.335 e. The third-order valence-electron chi connectivity index (χ3n) is 3.18. The van der Waals surface area contributed by atoms with Gasteiger partial charge < -0.3 is 10.0 Å². The fourth-order valence-corrected chi connectivity index (χ4v) is 2.14. The van der Waals surface area contributed by atoms with E-state index in [0.717, 1.165) is 17.7 Å². The van der Waals surface area contributed by atoms with Gasteiger partial charge in [-0.2, -0.15) is 0 Å². The van der Waals surface area contributed by atoms with Crippen LogP contribution >= 0.6 is 0 Å². The predicted octanol–water partition coefficient (Wildman–Crippen LogP) is 3.69. The molecular formula is C16H15F2NO2. The molecule has 0 spiro atoms. The Kier molecular flexibility index (Phi) is 4.52. The molecule has 0 aliphatic heterocycles. The molecule has 3 nitrogen and oxygen atoms in total. The molecule has 0 aliphatic rings. The highest BCUT2D eigenvalue weighted by molar-refractivity contribution is 5.88. The number of aromatic carboxylic acids is 1. The van der Waals surface area contributed by atoms with Gasteiger partial charge in [-0.1, -0.05) is 30.3 Å². The second kappa shape index (κ2) is 6.35. The van der Waals surface area contributed by atoms with E-state index in [1.165, 1.54) is 4.90 Å². The fraction of sp³-hybridized carbons (Fsp3) is 0.188. The van der Waals surface area contributed by atoms with Crippen LogP contribution in [-0.2, 0) is 6.54 Å². The first-order valence-corrected chi connectivity index (χ1v) is 6.54. The van der Waals surface area contributed by atoms with Crippen LogP contribution in [0.2, 0.25) is 0 Å². The van der Waals surface area contributed by atoms with E-state index in [9.17, 15) is 13.6 Å². The van der Waals surface area contributed by atoms with Crippen molar-refractivity contribution in [1.82, 2.24) is 0 Å². The van der Waals surface area contributed by atoms with Crippen molar-refractivity contribution in [2.45, 2.75) is 13.5 Å². The molecule has 0 amide bonds. The highest BCUT2D eigenvalue weighted by Gasteiger charge is 2.19. The molecule has 0 atom stereocenters. The standard InChI is InChI=1S/C16H15F2NO2/c1-2-19(10-11-6-4-3-5-7-11)15-13(17)8-12(16(20)21)9-14(15)18/h3-9H,2,10H2,1H3,(H,20,21). The van der Waals surface area contributed by atoms with Gasteiger partial charge in [0.25, 0.3) is 0 Å². The van der Waals surface area contributed by atoms with Gasteiger partial charge in [-0.3, -0.25) is 0 Å². The van der Waals surface area contributed by atoms with E-state index in [0.29, 0.717) is 13.1 Å². The molecule has 2 aromatic carbocycles. The molecule has 21 heavy (non-hydrogen) atoms. The van der Waals surface area contributed by atoms with Crippen LogP contribution in [0.25, 0.3) is 0 Å². The molecule has 1 N–H and O–H groups in total. The number of halogens is 2. The summed E-state index contributed by atoms with van der Waals surface area (Å²) in [5.41, 5.74) is 0.316. The Balaban J connectivity index is 2.36. The summed E-state index contributed by atoms with van der Waals surface area (Å²) in [6.07, 6.45) is 0. The van der Waals surface area contributed by atoms with Gasteiger partial charge in [0, 0.05) is 13.1 Å². The maximum atomic E-state index is 14.1. The van der Waals surface area contributed by atoms with E-state index in [2.05, 4.69) is 0 Å². The molecule has 0 aromatic heterocycles. The number of carboxylic acids is 1. The Hall–Kier alpha value is -2.43. The molecule has 0 aliphatic carbocycles. The quantitative estimate of drug-likeness (QED) is 0.913. The van der Waals surface area contributed by atoms with Crippen LogP contribution in [0.5, 0.6) is 0 Å². The molecule has 0 bridgehead atoms. The van der Waals surface area contributed by atoms with Gasteiger partial charge >= 0.3 is 5.97 Å². The van der Waals surface area contributed by atoms with Crippen LogP contribution in [-0.4, -0.2) is 17.6 Å². The van der Waals surface area contributed by atoms with Crippen LogP contribution in [0.1, 0.15) is 22.8 Å². The summed E-state index contributed by atoms with van der Waals surface area (Å²) >= 11 is 0. The van der Waals surface area contributed by atoms with E-state index in [1.807, 2.05) is 30.3 Å². The third kappa shape index (κ3) is 3.37. The summed E-state index contributed by atoms with van der Waals surface area (Å²) in [4.78, 5) is 12.3. The monoisotopic (exact) mass is 291 g/mol. The minimum atomic E-state index is -1.36. The predicted molar refractivity (Wildman–Crippen MR) is 76.5 cm³/mol. The van der Waals surface area contributed by atoms with Gasteiger partial charge in [0.1, 0.15) is 17.3 Å². The minimum Gasteiger partial charge on any atom is -0.478 e. The highest BCUT2D eigenvalue weighted by atomic mass is 19.1. The summed E-state index contributed by atoms with van der Waals surface area (Å²) in [7, 11) is 0. The van der Waals surface area contributed by atoms with Crippen molar-refractivity contribution < 1.29 is 18.7 Å². The largest absolute Gasteiger partial charge is 0.478 e. The SMILES string of the molecule is CCN(Cc1ccccc1)c1c(F)cc(C(=O)O)cc1F. The van der Waals surface area contributed by atoms with Gasteiger partial charge in [0.05, 0.1) is 5.56 Å². The molecule has 110 valence electrons. The summed E-state index contributed by atoms with van der Waals surface area (Å²) in [5.74, 6) is -3.10. The first kappa shape index (κ1) is 15.0. The molecule has 2 rings (SSSR count). The lowest BCUT2D eigenvalue weighted by molar-refractivity contribution is 0.0695. The normalized spacial score (nSPS) is 10.4. The van der Waals surface area contributed by atoms with Crippen molar-refractivity contribution in [1.29, 1.82) is 0 Å². The molecule has 5 heteroatoms. The number of benzene rings is 2. The topological polar surface area (TPSA) is 40.5 Å². The van der Waals surface area contributed by atoms with Crippen molar-refractivity contribution in [3.63, 3.8) is 0 Å². The molecular weight excluding hydrogens is 276 g/mol. The summed E-state index contributed by atoms with van der Waals surface area (Å²) in [5, 5.41) is 8.81. The molecule has 0 unspecified atom stereocenters. The number of carboxylic acid groups (broad SMARTS) is 1. The second-order valence-electron chi connectivity index (χ2n) is 4.59. The Morgan fingerprint density at radius 2 is 1.71 bits per heavy atom. The zero-order valence-electron chi connectivity index (χ0n) is 11.5. The van der Waals surface area contributed by atoms with Crippen LogP contribution in [0.15, 0.2) is 42.5 Å². The minimum absolute atomic E-state index is 0.202. The molecule has 2 aromatic rings. The molecule has 0 saturated heterocycles. The van der Waals surface area contributed by atoms with Crippen LogP contribution in [0.3, 0.4) is 0 Å². The lowest BCUT2D eigenvalue weighted by Crippen LogP contribution is -2.24. The number of hydrogen-bond acceptors (Lipinski definition) is 2. The molecule has 0 fully saturated rings. The first-order chi connectivity index (χ1) is 10.0. The second-order valence-corrected chi connectivity index (χ2v) is 4.59. The lowest BCUT2D eigenvalue weighted by Gasteiger charge is -2.24. The highest BCUT2D eigenvalue weighted by Crippen LogP contribution is 2.26. The lowest BCUT2D eigenvalue weighted by atomic mass is 10.1. The van der Waals surface area contributed by atoms with E-state index < -0.39 is 23.2 Å². The zero-order chi connectivity index (χ0) is 15.4. The van der Waals surface area contributed by atoms with E-state index >= 15 is 0 Å². The number of hydrogen-bond donors (Lipinski definition) is 1. The average molecular weight is 291 g/mol. The van der Waals surface area contributed by atoms with Crippen LogP contribution in [0, 0.1) is 11.6 Å². The average Bonchev–Trinajstić information content (AvgIpc) is 2.46.